The van der Waals surface area contributed by atoms with Crippen LogP contribution in [0.5, 0.6) is 0 Å². The Morgan fingerprint density at radius 1 is 0.871 bits per heavy atom. The fourth-order valence-corrected chi connectivity index (χ4v) is 2.86. The van der Waals surface area contributed by atoms with E-state index >= 15 is 0 Å². The van der Waals surface area contributed by atoms with Crippen LogP contribution in [0, 0.1) is 0 Å². The molecule has 0 spiro atoms. The van der Waals surface area contributed by atoms with E-state index in [9.17, 15) is 4.79 Å². The Bertz CT molecular complexity index is 952. The number of hydrogen-bond acceptors (Lipinski definition) is 5. The van der Waals surface area contributed by atoms with Gasteiger partial charge in [-0.3, -0.25) is 9.78 Å². The molecule has 31 heavy (non-hydrogen) atoms. The number of carbonyl (C=O) groups excluding carboxylic acids is 3. The minimum absolute atomic E-state index is 0.290. The first-order chi connectivity index (χ1) is 15.1. The smallest absolute Gasteiger partial charge is 0.257 e. The predicted octanol–water partition coefficient (Wildman–Crippen LogP) is 6.01. The van der Waals surface area contributed by atoms with Crippen LogP contribution in [0.15, 0.2) is 60.8 Å². The van der Waals surface area contributed by atoms with Gasteiger partial charge in [-0.1, -0.05) is 43.1 Å². The number of hydrogen-bond donors (Lipinski definition) is 2. The largest absolute Gasteiger partial charge is 0.388 e. The summed E-state index contributed by atoms with van der Waals surface area (Å²) in [5.41, 5.74) is 3.33. The second-order valence-corrected chi connectivity index (χ2v) is 6.12. The van der Waals surface area contributed by atoms with Gasteiger partial charge in [0.15, 0.2) is 0 Å². The summed E-state index contributed by atoms with van der Waals surface area (Å²) >= 11 is 12.5. The van der Waals surface area contributed by atoms with E-state index in [0.717, 1.165) is 16.9 Å². The first-order valence-electron chi connectivity index (χ1n) is 9.16. The van der Waals surface area contributed by atoms with E-state index in [-0.39, 0.29) is 5.91 Å². The molecule has 3 aromatic rings. The van der Waals surface area contributed by atoms with Gasteiger partial charge in [0.25, 0.3) is 5.91 Å². The molecule has 2 N–H and O–H groups in total. The van der Waals surface area contributed by atoms with Gasteiger partial charge in [0.05, 0.1) is 21.3 Å². The summed E-state index contributed by atoms with van der Waals surface area (Å²) in [6, 6.07) is 16.0. The number of anilines is 2. The van der Waals surface area contributed by atoms with Gasteiger partial charge in [-0.2, -0.15) is 0 Å². The molecule has 1 heterocycles. The molecule has 1 amide bonds. The second kappa shape index (κ2) is 15.6. The average molecular weight is 462 g/mol. The van der Waals surface area contributed by atoms with Gasteiger partial charge in [-0.25, -0.2) is 0 Å². The minimum Gasteiger partial charge on any atom is -0.388 e. The summed E-state index contributed by atoms with van der Waals surface area (Å²) in [6.45, 7) is 8.00. The quantitative estimate of drug-likeness (QED) is 0.496. The van der Waals surface area contributed by atoms with Crippen LogP contribution in [-0.4, -0.2) is 31.5 Å². The molecule has 0 aliphatic heterocycles. The van der Waals surface area contributed by atoms with Crippen molar-refractivity contribution >= 4 is 54.1 Å². The number of pyridine rings is 1. The zero-order valence-corrected chi connectivity index (χ0v) is 19.1. The van der Waals surface area contributed by atoms with Crippen LogP contribution in [0.4, 0.5) is 11.4 Å². The molecule has 0 aliphatic carbocycles. The van der Waals surface area contributed by atoms with E-state index in [4.69, 9.17) is 32.8 Å². The summed E-state index contributed by atoms with van der Waals surface area (Å²) in [5.74, 6) is -0.290. The van der Waals surface area contributed by atoms with Crippen molar-refractivity contribution in [3.63, 3.8) is 0 Å². The monoisotopic (exact) mass is 461 g/mol. The van der Waals surface area contributed by atoms with Crippen LogP contribution in [-0.2, 0) is 9.59 Å². The molecule has 0 radical (unpaired) electrons. The molecule has 1 aromatic heterocycles. The lowest BCUT2D eigenvalue weighted by Crippen LogP contribution is -2.12. The van der Waals surface area contributed by atoms with Crippen molar-refractivity contribution < 1.29 is 14.4 Å². The number of rotatable bonds is 4. The molecule has 2 aromatic carbocycles. The summed E-state index contributed by atoms with van der Waals surface area (Å²) in [5, 5.41) is 6.76. The molecular weight excluding hydrogens is 437 g/mol. The highest BCUT2D eigenvalue weighted by atomic mass is 35.5. The maximum Gasteiger partial charge on any atom is 0.257 e. The third-order valence-electron chi connectivity index (χ3n) is 3.67. The topological polar surface area (TPSA) is 88.2 Å². The van der Waals surface area contributed by atoms with Crippen LogP contribution in [0.3, 0.4) is 0 Å². The molecule has 0 bridgehead atoms. The molecule has 3 rings (SSSR count). The average Bonchev–Trinajstić information content (AvgIpc) is 2.84. The van der Waals surface area contributed by atoms with E-state index in [0.29, 0.717) is 21.3 Å². The van der Waals surface area contributed by atoms with E-state index in [2.05, 4.69) is 15.6 Å². The zero-order valence-electron chi connectivity index (χ0n) is 17.6. The van der Waals surface area contributed by atoms with E-state index in [1.165, 1.54) is 0 Å². The van der Waals surface area contributed by atoms with Crippen molar-refractivity contribution in [2.45, 2.75) is 13.8 Å². The van der Waals surface area contributed by atoms with Crippen LogP contribution in [0.1, 0.15) is 24.2 Å². The Morgan fingerprint density at radius 3 is 2.06 bits per heavy atom. The summed E-state index contributed by atoms with van der Waals surface area (Å²) in [4.78, 5) is 32.8. The Kier molecular flexibility index (Phi) is 14.0. The standard InChI is InChI=1S/C19H15Cl2N3O.C2H6.2CH2O/c1-22-12-5-7-14(17(21)11-12)19(25)24-13-6-8-16(20)15(10-13)18-4-2-3-9-23-18;3*1-2/h2-11,22H,1H3,(H,24,25);1-2H3;2*1H2. The predicted molar refractivity (Wildman–Crippen MR) is 129 cm³/mol. The molecular formula is C23H25Cl2N3O3. The van der Waals surface area contributed by atoms with Crippen molar-refractivity contribution in [2.75, 3.05) is 17.7 Å². The number of carbonyl (C=O) groups is 3. The minimum atomic E-state index is -0.290. The maximum absolute atomic E-state index is 12.5. The molecule has 6 nitrogen and oxygen atoms in total. The third kappa shape index (κ3) is 8.20. The summed E-state index contributed by atoms with van der Waals surface area (Å²) < 4.78 is 0. The lowest BCUT2D eigenvalue weighted by molar-refractivity contribution is -0.0987. The maximum atomic E-state index is 12.5. The van der Waals surface area contributed by atoms with Gasteiger partial charge in [-0.15, -0.1) is 0 Å². The lowest BCUT2D eigenvalue weighted by Gasteiger charge is -2.10. The second-order valence-electron chi connectivity index (χ2n) is 5.31. The number of aromatic nitrogens is 1. The number of halogens is 2. The molecule has 164 valence electrons. The lowest BCUT2D eigenvalue weighted by atomic mass is 10.1. The zero-order chi connectivity index (χ0) is 23.8. The van der Waals surface area contributed by atoms with Gasteiger partial charge in [0, 0.05) is 30.2 Å². The Balaban J connectivity index is 0.00000138. The van der Waals surface area contributed by atoms with Crippen molar-refractivity contribution in [1.82, 2.24) is 4.98 Å². The first-order valence-corrected chi connectivity index (χ1v) is 9.91. The van der Waals surface area contributed by atoms with Gasteiger partial charge in [-0.05, 0) is 48.5 Å². The molecule has 0 atom stereocenters. The van der Waals surface area contributed by atoms with Crippen LogP contribution < -0.4 is 10.6 Å². The fourth-order valence-electron chi connectivity index (χ4n) is 2.37. The van der Waals surface area contributed by atoms with Gasteiger partial charge in [0.1, 0.15) is 13.6 Å². The third-order valence-corrected chi connectivity index (χ3v) is 4.31. The number of nitrogens with zero attached hydrogens (tertiary/aromatic N) is 1. The highest BCUT2D eigenvalue weighted by molar-refractivity contribution is 6.35. The summed E-state index contributed by atoms with van der Waals surface area (Å²) in [6.07, 6.45) is 1.69. The number of benzene rings is 2. The van der Waals surface area contributed by atoms with Crippen molar-refractivity contribution in [1.29, 1.82) is 0 Å². The molecule has 0 aliphatic rings. The van der Waals surface area contributed by atoms with Crippen molar-refractivity contribution in [3.8, 4) is 11.3 Å². The van der Waals surface area contributed by atoms with Gasteiger partial charge in [0.2, 0.25) is 0 Å². The molecule has 0 fully saturated rings. The van der Waals surface area contributed by atoms with E-state index in [1.807, 2.05) is 45.6 Å². The molecule has 0 saturated carbocycles. The normalized spacial score (nSPS) is 8.81. The van der Waals surface area contributed by atoms with E-state index in [1.54, 1.807) is 49.6 Å². The number of nitrogens with one attached hydrogen (secondary N) is 2. The highest BCUT2D eigenvalue weighted by Gasteiger charge is 2.13. The SMILES string of the molecule is C=O.C=O.CC.CNc1ccc(C(=O)Nc2ccc(Cl)c(-c3ccccn3)c2)c(Cl)c1. The van der Waals surface area contributed by atoms with Crippen molar-refractivity contribution in [2.24, 2.45) is 0 Å². The van der Waals surface area contributed by atoms with Gasteiger partial charge >= 0.3 is 0 Å². The molecule has 0 unspecified atom stereocenters. The van der Waals surface area contributed by atoms with Crippen LogP contribution in [0.2, 0.25) is 10.0 Å². The van der Waals surface area contributed by atoms with Crippen LogP contribution in [0.25, 0.3) is 11.3 Å². The van der Waals surface area contributed by atoms with Gasteiger partial charge < -0.3 is 20.2 Å². The molecule has 0 saturated heterocycles. The summed E-state index contributed by atoms with van der Waals surface area (Å²) in [7, 11) is 1.79. The Morgan fingerprint density at radius 2 is 1.52 bits per heavy atom. The fraction of sp³-hybridized carbons (Fsp3) is 0.130. The Hall–Kier alpha value is -3.22. The first kappa shape index (κ1) is 27.8. The Labute approximate surface area is 192 Å². The van der Waals surface area contributed by atoms with Crippen LogP contribution >= 0.6 is 23.2 Å². The van der Waals surface area contributed by atoms with E-state index < -0.39 is 0 Å². The van der Waals surface area contributed by atoms with Crippen molar-refractivity contribution in [3.05, 3.63) is 76.4 Å². The molecule has 8 heteroatoms. The highest BCUT2D eigenvalue weighted by Crippen LogP contribution is 2.30. The number of amides is 1.